The van der Waals surface area contributed by atoms with Gasteiger partial charge < -0.3 is 5.11 Å². The molecule has 1 nitrogen and oxygen atoms in total. The Labute approximate surface area is 149 Å². The van der Waals surface area contributed by atoms with Crippen molar-refractivity contribution in [3.05, 3.63) is 65.2 Å². The average Bonchev–Trinajstić information content (AvgIpc) is 2.45. The number of rotatable bonds is 2. The second-order valence-corrected chi connectivity index (χ2v) is 7.68. The second-order valence-electron chi connectivity index (χ2n) is 5.61. The van der Waals surface area contributed by atoms with Crippen molar-refractivity contribution in [2.75, 3.05) is 0 Å². The summed E-state index contributed by atoms with van der Waals surface area (Å²) in [4.78, 5) is 0. The molecular weight excluding hydrogens is 439 g/mol. The first-order valence-electron chi connectivity index (χ1n) is 6.95. The van der Waals surface area contributed by atoms with E-state index in [0.717, 1.165) is 19.2 Å². The fourth-order valence-electron chi connectivity index (χ4n) is 2.82. The highest BCUT2D eigenvalue weighted by molar-refractivity contribution is 14.1. The number of benzene rings is 2. The predicted molar refractivity (Wildman–Crippen MR) is 101 cm³/mol. The third-order valence-corrected chi connectivity index (χ3v) is 6.06. The molecule has 1 unspecified atom stereocenters. The molecule has 0 amide bonds. The molecule has 2 aromatic rings. The van der Waals surface area contributed by atoms with Crippen molar-refractivity contribution < 1.29 is 5.11 Å². The van der Waals surface area contributed by atoms with Crippen LogP contribution in [0.15, 0.2) is 22.7 Å². The van der Waals surface area contributed by atoms with Crippen molar-refractivity contribution in [1.29, 1.82) is 0 Å². The molecule has 2 aromatic carbocycles. The Hall–Kier alpha value is -0.390. The molecule has 21 heavy (non-hydrogen) atoms. The standard InChI is InChI=1S/C18H20BrIO/c1-9-10(2)12(4)17(13(5)11(9)3)18(21)15-8-14(19)6-7-16(15)20/h6-8,18,21H,1-5H3. The van der Waals surface area contributed by atoms with Crippen LogP contribution in [-0.2, 0) is 0 Å². The van der Waals surface area contributed by atoms with Crippen LogP contribution < -0.4 is 0 Å². The fourth-order valence-corrected chi connectivity index (χ4v) is 3.83. The monoisotopic (exact) mass is 458 g/mol. The number of hydrogen-bond acceptors (Lipinski definition) is 1. The lowest BCUT2D eigenvalue weighted by Crippen LogP contribution is -2.10. The first kappa shape index (κ1) is 17.0. The van der Waals surface area contributed by atoms with Crippen LogP contribution in [0.2, 0.25) is 0 Å². The van der Waals surface area contributed by atoms with Crippen molar-refractivity contribution in [3.63, 3.8) is 0 Å². The molecule has 1 N–H and O–H groups in total. The maximum absolute atomic E-state index is 11.0. The van der Waals surface area contributed by atoms with Crippen LogP contribution in [0.5, 0.6) is 0 Å². The summed E-state index contributed by atoms with van der Waals surface area (Å²) < 4.78 is 2.07. The van der Waals surface area contributed by atoms with Crippen molar-refractivity contribution in [2.24, 2.45) is 0 Å². The quantitative estimate of drug-likeness (QED) is 0.574. The average molecular weight is 459 g/mol. The first-order chi connectivity index (χ1) is 9.75. The van der Waals surface area contributed by atoms with E-state index in [2.05, 4.69) is 73.1 Å². The van der Waals surface area contributed by atoms with Crippen molar-refractivity contribution in [2.45, 2.75) is 40.7 Å². The van der Waals surface area contributed by atoms with E-state index in [1.54, 1.807) is 0 Å². The molecule has 2 rings (SSSR count). The molecule has 0 aliphatic rings. The Kier molecular flexibility index (Phi) is 5.16. The van der Waals surface area contributed by atoms with E-state index in [-0.39, 0.29) is 0 Å². The first-order valence-corrected chi connectivity index (χ1v) is 8.82. The van der Waals surface area contributed by atoms with Gasteiger partial charge in [-0.1, -0.05) is 15.9 Å². The van der Waals surface area contributed by atoms with E-state index in [0.29, 0.717) is 0 Å². The van der Waals surface area contributed by atoms with Crippen LogP contribution in [0, 0.1) is 38.2 Å². The summed E-state index contributed by atoms with van der Waals surface area (Å²) >= 11 is 5.79. The van der Waals surface area contributed by atoms with Crippen molar-refractivity contribution in [1.82, 2.24) is 0 Å². The summed E-state index contributed by atoms with van der Waals surface area (Å²) in [6.45, 7) is 10.7. The summed E-state index contributed by atoms with van der Waals surface area (Å²) in [6, 6.07) is 6.04. The number of aliphatic hydroxyl groups excluding tert-OH is 1. The van der Waals surface area contributed by atoms with E-state index in [1.807, 2.05) is 18.2 Å². The molecule has 0 aliphatic carbocycles. The minimum absolute atomic E-state index is 0.590. The molecule has 0 aliphatic heterocycles. The molecule has 0 saturated heterocycles. The highest BCUT2D eigenvalue weighted by Gasteiger charge is 2.21. The fraction of sp³-hybridized carbons (Fsp3) is 0.333. The van der Waals surface area contributed by atoms with Gasteiger partial charge in [0.05, 0.1) is 0 Å². The SMILES string of the molecule is Cc1c(C)c(C)c(C(O)c2cc(Br)ccc2I)c(C)c1C. The second kappa shape index (κ2) is 6.39. The number of halogens is 2. The van der Waals surface area contributed by atoms with E-state index in [4.69, 9.17) is 0 Å². The van der Waals surface area contributed by atoms with Crippen molar-refractivity contribution in [3.8, 4) is 0 Å². The molecule has 0 fully saturated rings. The molecule has 0 radical (unpaired) electrons. The van der Waals surface area contributed by atoms with Crippen LogP contribution in [0.1, 0.15) is 45.0 Å². The summed E-state index contributed by atoms with van der Waals surface area (Å²) in [5.41, 5.74) is 8.27. The lowest BCUT2D eigenvalue weighted by Gasteiger charge is -2.23. The van der Waals surface area contributed by atoms with Gasteiger partial charge in [-0.25, -0.2) is 0 Å². The lowest BCUT2D eigenvalue weighted by molar-refractivity contribution is 0.217. The Morgan fingerprint density at radius 3 is 1.90 bits per heavy atom. The molecule has 112 valence electrons. The summed E-state index contributed by atoms with van der Waals surface area (Å²) in [6.07, 6.45) is -0.590. The van der Waals surface area contributed by atoms with E-state index in [9.17, 15) is 5.11 Å². The summed E-state index contributed by atoms with van der Waals surface area (Å²) in [5.74, 6) is 0. The zero-order valence-electron chi connectivity index (χ0n) is 13.0. The number of aliphatic hydroxyl groups is 1. The molecule has 1 atom stereocenters. The third-order valence-electron chi connectivity index (χ3n) is 4.58. The van der Waals surface area contributed by atoms with Gasteiger partial charge in [-0.15, -0.1) is 0 Å². The van der Waals surface area contributed by atoms with Gasteiger partial charge in [-0.05, 0) is 114 Å². The Morgan fingerprint density at radius 2 is 1.38 bits per heavy atom. The zero-order chi connectivity index (χ0) is 15.9. The minimum Gasteiger partial charge on any atom is -0.384 e. The van der Waals surface area contributed by atoms with E-state index < -0.39 is 6.10 Å². The van der Waals surface area contributed by atoms with Gasteiger partial charge in [0, 0.05) is 8.04 Å². The molecular formula is C18H20BrIO. The molecule has 0 aromatic heterocycles. The van der Waals surface area contributed by atoms with E-state index in [1.165, 1.54) is 27.8 Å². The Bertz CT molecular complexity index is 678. The topological polar surface area (TPSA) is 20.2 Å². The molecule has 0 bridgehead atoms. The smallest absolute Gasteiger partial charge is 0.106 e. The molecule has 3 heteroatoms. The zero-order valence-corrected chi connectivity index (χ0v) is 16.8. The van der Waals surface area contributed by atoms with Crippen LogP contribution in [0.3, 0.4) is 0 Å². The van der Waals surface area contributed by atoms with Gasteiger partial charge >= 0.3 is 0 Å². The van der Waals surface area contributed by atoms with Gasteiger partial charge in [-0.2, -0.15) is 0 Å². The summed E-state index contributed by atoms with van der Waals surface area (Å²) in [7, 11) is 0. The van der Waals surface area contributed by atoms with Crippen LogP contribution >= 0.6 is 38.5 Å². The van der Waals surface area contributed by atoms with Crippen LogP contribution in [-0.4, -0.2) is 5.11 Å². The van der Waals surface area contributed by atoms with Gasteiger partial charge in [0.1, 0.15) is 6.10 Å². The van der Waals surface area contributed by atoms with Crippen LogP contribution in [0.25, 0.3) is 0 Å². The maximum Gasteiger partial charge on any atom is 0.106 e. The minimum atomic E-state index is -0.590. The Morgan fingerprint density at radius 1 is 0.905 bits per heavy atom. The molecule has 0 saturated carbocycles. The normalized spacial score (nSPS) is 12.6. The van der Waals surface area contributed by atoms with E-state index >= 15 is 0 Å². The van der Waals surface area contributed by atoms with Gasteiger partial charge in [0.2, 0.25) is 0 Å². The maximum atomic E-state index is 11.0. The lowest BCUT2D eigenvalue weighted by atomic mass is 9.85. The molecule has 0 heterocycles. The predicted octanol–water partition coefficient (Wildman–Crippen LogP) is 5.68. The van der Waals surface area contributed by atoms with Gasteiger partial charge in [-0.3, -0.25) is 0 Å². The number of hydrogen-bond donors (Lipinski definition) is 1. The van der Waals surface area contributed by atoms with Gasteiger partial charge in [0.15, 0.2) is 0 Å². The Balaban J connectivity index is 2.69. The molecule has 0 spiro atoms. The highest BCUT2D eigenvalue weighted by Crippen LogP contribution is 2.36. The highest BCUT2D eigenvalue weighted by atomic mass is 127. The van der Waals surface area contributed by atoms with Gasteiger partial charge in [0.25, 0.3) is 0 Å². The largest absolute Gasteiger partial charge is 0.384 e. The third kappa shape index (κ3) is 3.06. The van der Waals surface area contributed by atoms with Crippen LogP contribution in [0.4, 0.5) is 0 Å². The summed E-state index contributed by atoms with van der Waals surface area (Å²) in [5, 5.41) is 11.0. The van der Waals surface area contributed by atoms with Crippen molar-refractivity contribution >= 4 is 38.5 Å².